The molecule has 0 aliphatic heterocycles. The molecule has 0 heterocycles. The van der Waals surface area contributed by atoms with Crippen LogP contribution in [0.1, 0.15) is 45.4 Å². The molecule has 2 aliphatic rings. The van der Waals surface area contributed by atoms with Gasteiger partial charge < -0.3 is 15.0 Å². The van der Waals surface area contributed by atoms with Crippen molar-refractivity contribution >= 4 is 5.97 Å². The van der Waals surface area contributed by atoms with Gasteiger partial charge in [-0.15, -0.1) is 0 Å². The Labute approximate surface area is 123 Å². The van der Waals surface area contributed by atoms with Crippen molar-refractivity contribution < 1.29 is 9.53 Å². The third-order valence-corrected chi connectivity index (χ3v) is 5.40. The molecule has 4 heteroatoms. The molecular weight excluding hydrogens is 252 g/mol. The third-order valence-electron chi connectivity index (χ3n) is 5.40. The van der Waals surface area contributed by atoms with Crippen LogP contribution in [0.5, 0.6) is 0 Å². The second-order valence-electron chi connectivity index (χ2n) is 6.73. The van der Waals surface area contributed by atoms with Crippen LogP contribution in [0.4, 0.5) is 0 Å². The van der Waals surface area contributed by atoms with Crippen molar-refractivity contribution in [3.8, 4) is 0 Å². The maximum Gasteiger partial charge on any atom is 0.327 e. The van der Waals surface area contributed by atoms with Gasteiger partial charge in [-0.05, 0) is 51.6 Å². The number of carbonyl (C=O) groups is 1. The van der Waals surface area contributed by atoms with Gasteiger partial charge in [-0.3, -0.25) is 0 Å². The molecule has 2 rings (SSSR count). The van der Waals surface area contributed by atoms with Gasteiger partial charge in [0, 0.05) is 12.6 Å². The number of carbonyl (C=O) groups excluding carboxylic acids is 1. The molecule has 2 aliphatic carbocycles. The van der Waals surface area contributed by atoms with E-state index in [4.69, 9.17) is 4.74 Å². The zero-order chi connectivity index (χ0) is 14.8. The van der Waals surface area contributed by atoms with Crippen molar-refractivity contribution in [3.05, 3.63) is 0 Å². The highest BCUT2D eigenvalue weighted by Crippen LogP contribution is 2.41. The first-order valence-corrected chi connectivity index (χ1v) is 8.02. The van der Waals surface area contributed by atoms with Crippen LogP contribution >= 0.6 is 0 Å². The van der Waals surface area contributed by atoms with E-state index in [0.29, 0.717) is 12.0 Å². The monoisotopic (exact) mass is 282 g/mol. The maximum absolute atomic E-state index is 12.3. The molecule has 0 aromatic heterocycles. The topological polar surface area (TPSA) is 41.6 Å². The van der Waals surface area contributed by atoms with Gasteiger partial charge in [-0.1, -0.05) is 19.8 Å². The highest BCUT2D eigenvalue weighted by molar-refractivity contribution is 5.82. The first-order chi connectivity index (χ1) is 9.55. The second-order valence-corrected chi connectivity index (χ2v) is 6.73. The highest BCUT2D eigenvalue weighted by atomic mass is 16.5. The number of rotatable bonds is 6. The van der Waals surface area contributed by atoms with Crippen molar-refractivity contribution in [3.63, 3.8) is 0 Å². The number of nitrogens with zero attached hydrogens (tertiary/aromatic N) is 1. The Bertz CT molecular complexity index is 343. The normalized spacial score (nSPS) is 30.1. The van der Waals surface area contributed by atoms with Crippen molar-refractivity contribution in [1.82, 2.24) is 10.2 Å². The van der Waals surface area contributed by atoms with Crippen LogP contribution in [0.2, 0.25) is 0 Å². The highest BCUT2D eigenvalue weighted by Gasteiger charge is 2.52. The van der Waals surface area contributed by atoms with Gasteiger partial charge in [0.05, 0.1) is 7.11 Å². The third kappa shape index (κ3) is 3.01. The van der Waals surface area contributed by atoms with E-state index in [0.717, 1.165) is 25.3 Å². The molecule has 0 aromatic carbocycles. The first-order valence-electron chi connectivity index (χ1n) is 8.02. The fraction of sp³-hybridized carbons (Fsp3) is 0.938. The second kappa shape index (κ2) is 6.44. The summed E-state index contributed by atoms with van der Waals surface area (Å²) in [5, 5.41) is 3.30. The van der Waals surface area contributed by atoms with E-state index in [1.807, 2.05) is 7.05 Å². The van der Waals surface area contributed by atoms with E-state index < -0.39 is 5.54 Å². The smallest absolute Gasteiger partial charge is 0.327 e. The van der Waals surface area contributed by atoms with E-state index in [2.05, 4.69) is 24.2 Å². The molecule has 4 nitrogen and oxygen atoms in total. The minimum atomic E-state index is -0.513. The molecule has 20 heavy (non-hydrogen) atoms. The van der Waals surface area contributed by atoms with Gasteiger partial charge in [0.2, 0.25) is 0 Å². The predicted octanol–water partition coefficient (Wildman–Crippen LogP) is 2.04. The fourth-order valence-electron chi connectivity index (χ4n) is 3.97. The minimum Gasteiger partial charge on any atom is -0.468 e. The van der Waals surface area contributed by atoms with Crippen molar-refractivity contribution in [2.75, 3.05) is 27.7 Å². The number of esters is 1. The van der Waals surface area contributed by atoms with Gasteiger partial charge in [-0.2, -0.15) is 0 Å². The molecule has 2 fully saturated rings. The summed E-state index contributed by atoms with van der Waals surface area (Å²) in [5.74, 6) is 1.05. The van der Waals surface area contributed by atoms with E-state index >= 15 is 0 Å². The summed E-state index contributed by atoms with van der Waals surface area (Å²) in [4.78, 5) is 14.7. The van der Waals surface area contributed by atoms with Crippen LogP contribution in [0, 0.1) is 11.8 Å². The fourth-order valence-corrected chi connectivity index (χ4v) is 3.97. The lowest BCUT2D eigenvalue weighted by atomic mass is 9.83. The van der Waals surface area contributed by atoms with Gasteiger partial charge in [-0.25, -0.2) is 4.79 Å². The van der Waals surface area contributed by atoms with E-state index in [1.165, 1.54) is 32.8 Å². The van der Waals surface area contributed by atoms with Crippen LogP contribution in [-0.4, -0.2) is 50.2 Å². The molecule has 1 N–H and O–H groups in total. The van der Waals surface area contributed by atoms with E-state index in [-0.39, 0.29) is 5.97 Å². The van der Waals surface area contributed by atoms with Crippen molar-refractivity contribution in [1.29, 1.82) is 0 Å². The van der Waals surface area contributed by atoms with Gasteiger partial charge in [0.15, 0.2) is 0 Å². The molecule has 0 amide bonds. The zero-order valence-corrected chi connectivity index (χ0v) is 13.4. The van der Waals surface area contributed by atoms with Crippen LogP contribution in [0.15, 0.2) is 0 Å². The molecule has 3 unspecified atom stereocenters. The number of nitrogens with one attached hydrogen (secondary N) is 1. The van der Waals surface area contributed by atoms with Gasteiger partial charge >= 0.3 is 5.97 Å². The van der Waals surface area contributed by atoms with E-state index in [1.54, 1.807) is 0 Å². The zero-order valence-electron chi connectivity index (χ0n) is 13.4. The standard InChI is InChI=1S/C16H30N2O2/c1-12-7-5-6-8-14(12)18(3)11-16(17-2,13-9-10-13)15(19)20-4/h12-14,17H,5-11H2,1-4H3. The Kier molecular flexibility index (Phi) is 5.08. The molecule has 116 valence electrons. The summed E-state index contributed by atoms with van der Waals surface area (Å²) in [7, 11) is 5.57. The largest absolute Gasteiger partial charge is 0.468 e. The number of hydrogen-bond acceptors (Lipinski definition) is 4. The quantitative estimate of drug-likeness (QED) is 0.757. The SMILES string of the molecule is CNC(CN(C)C1CCCCC1C)(C(=O)OC)C1CC1. The van der Waals surface area contributed by atoms with Gasteiger partial charge in [0.25, 0.3) is 0 Å². The molecule has 2 saturated carbocycles. The molecule has 0 spiro atoms. The number of likely N-dealkylation sites (N-methyl/N-ethyl adjacent to an activating group) is 2. The predicted molar refractivity (Wildman–Crippen MR) is 80.6 cm³/mol. The van der Waals surface area contributed by atoms with Crippen LogP contribution < -0.4 is 5.32 Å². The summed E-state index contributed by atoms with van der Waals surface area (Å²) in [5.41, 5.74) is -0.513. The average Bonchev–Trinajstić information content (AvgIpc) is 3.29. The average molecular weight is 282 g/mol. The van der Waals surface area contributed by atoms with Crippen molar-refractivity contribution in [2.24, 2.45) is 11.8 Å². The summed E-state index contributed by atoms with van der Waals surface area (Å²) >= 11 is 0. The van der Waals surface area contributed by atoms with Crippen LogP contribution in [0.25, 0.3) is 0 Å². The minimum absolute atomic E-state index is 0.0992. The number of hydrogen-bond donors (Lipinski definition) is 1. The lowest BCUT2D eigenvalue weighted by Crippen LogP contribution is -2.61. The van der Waals surface area contributed by atoms with E-state index in [9.17, 15) is 4.79 Å². The Balaban J connectivity index is 2.08. The van der Waals surface area contributed by atoms with Crippen molar-refractivity contribution in [2.45, 2.75) is 57.0 Å². The molecular formula is C16H30N2O2. The van der Waals surface area contributed by atoms with Crippen LogP contribution in [0.3, 0.4) is 0 Å². The Hall–Kier alpha value is -0.610. The molecule has 3 atom stereocenters. The molecule has 0 bridgehead atoms. The first kappa shape index (κ1) is 15.8. The molecule has 0 radical (unpaired) electrons. The summed E-state index contributed by atoms with van der Waals surface area (Å²) < 4.78 is 5.09. The summed E-state index contributed by atoms with van der Waals surface area (Å²) in [6.07, 6.45) is 7.48. The Morgan fingerprint density at radius 2 is 1.95 bits per heavy atom. The lowest BCUT2D eigenvalue weighted by molar-refractivity contribution is -0.150. The lowest BCUT2D eigenvalue weighted by Gasteiger charge is -2.41. The summed E-state index contributed by atoms with van der Waals surface area (Å²) in [6.45, 7) is 3.10. The van der Waals surface area contributed by atoms with Gasteiger partial charge in [0.1, 0.15) is 5.54 Å². The van der Waals surface area contributed by atoms with Crippen LogP contribution in [-0.2, 0) is 9.53 Å². The number of ether oxygens (including phenoxy) is 1. The molecule has 0 saturated heterocycles. The maximum atomic E-state index is 12.3. The summed E-state index contributed by atoms with van der Waals surface area (Å²) in [6, 6.07) is 0.597. The Morgan fingerprint density at radius 1 is 1.30 bits per heavy atom. The Morgan fingerprint density at radius 3 is 2.45 bits per heavy atom. The number of methoxy groups -OCH3 is 1. The molecule has 0 aromatic rings.